The molecule has 1 aromatic heterocycles. The van der Waals surface area contributed by atoms with Crippen molar-refractivity contribution in [2.75, 3.05) is 42.7 Å². The smallest absolute Gasteiger partial charge is 0.308 e. The van der Waals surface area contributed by atoms with Gasteiger partial charge in [0.1, 0.15) is 5.39 Å². The van der Waals surface area contributed by atoms with Crippen molar-refractivity contribution in [3.63, 3.8) is 0 Å². The van der Waals surface area contributed by atoms with E-state index in [2.05, 4.69) is 0 Å². The van der Waals surface area contributed by atoms with Crippen molar-refractivity contribution in [1.82, 2.24) is 0 Å². The molecule has 10 nitrogen and oxygen atoms in total. The fourth-order valence-corrected chi connectivity index (χ4v) is 3.48. The van der Waals surface area contributed by atoms with Crippen LogP contribution in [0.25, 0.3) is 22.3 Å². The third-order valence-corrected chi connectivity index (χ3v) is 4.82. The van der Waals surface area contributed by atoms with Gasteiger partial charge in [0.15, 0.2) is 28.6 Å². The van der Waals surface area contributed by atoms with Crippen molar-refractivity contribution in [1.29, 1.82) is 0 Å². The summed E-state index contributed by atoms with van der Waals surface area (Å²) in [6, 6.07) is 4.67. The first-order chi connectivity index (χ1) is 15.9. The molecule has 0 aliphatic heterocycles. The Hall–Kier alpha value is -4.08. The molecule has 0 aliphatic carbocycles. The van der Waals surface area contributed by atoms with E-state index in [0.29, 0.717) is 5.56 Å². The maximum Gasteiger partial charge on any atom is 0.308 e. The van der Waals surface area contributed by atoms with Crippen molar-refractivity contribution in [2.45, 2.75) is 6.92 Å². The van der Waals surface area contributed by atoms with Crippen molar-refractivity contribution in [3.8, 4) is 51.6 Å². The highest BCUT2D eigenvalue weighted by molar-refractivity contribution is 5.97. The van der Waals surface area contributed by atoms with Gasteiger partial charge < -0.3 is 37.6 Å². The van der Waals surface area contributed by atoms with Crippen LogP contribution in [0.2, 0.25) is 0 Å². The van der Waals surface area contributed by atoms with Gasteiger partial charge >= 0.3 is 5.97 Å². The van der Waals surface area contributed by atoms with Gasteiger partial charge in [-0.2, -0.15) is 0 Å². The minimum Gasteiger partial charge on any atom is -0.493 e. The standard InChI is InChI=1S/C23H24O10/c1-11(24)32-13-9-8-12(10-14(13)26-2)17-20(28-4)16(25)15-18(27-3)21(29-5)23(31-7)22(30-6)19(15)33-17/h8-10H,1-7H3. The van der Waals surface area contributed by atoms with Gasteiger partial charge in [0.2, 0.25) is 28.4 Å². The molecule has 0 saturated carbocycles. The molecule has 0 bridgehead atoms. The van der Waals surface area contributed by atoms with E-state index in [1.807, 2.05) is 0 Å². The van der Waals surface area contributed by atoms with Crippen LogP contribution in [0.5, 0.6) is 40.2 Å². The highest BCUT2D eigenvalue weighted by atomic mass is 16.6. The van der Waals surface area contributed by atoms with Gasteiger partial charge in [0.25, 0.3) is 0 Å². The van der Waals surface area contributed by atoms with Gasteiger partial charge in [-0.1, -0.05) is 0 Å². The first kappa shape index (κ1) is 23.6. The second-order valence-electron chi connectivity index (χ2n) is 6.59. The number of hydrogen-bond donors (Lipinski definition) is 0. The molecule has 0 amide bonds. The van der Waals surface area contributed by atoms with Crippen molar-refractivity contribution in [2.24, 2.45) is 0 Å². The summed E-state index contributed by atoms with van der Waals surface area (Å²) in [6.45, 7) is 1.28. The second kappa shape index (κ2) is 9.60. The van der Waals surface area contributed by atoms with Crippen LogP contribution in [-0.2, 0) is 4.79 Å². The zero-order valence-electron chi connectivity index (χ0n) is 19.3. The molecule has 33 heavy (non-hydrogen) atoms. The van der Waals surface area contributed by atoms with Gasteiger partial charge in [-0.3, -0.25) is 9.59 Å². The fraction of sp³-hybridized carbons (Fsp3) is 0.304. The molecule has 0 saturated heterocycles. The fourth-order valence-electron chi connectivity index (χ4n) is 3.48. The lowest BCUT2D eigenvalue weighted by molar-refractivity contribution is -0.132. The summed E-state index contributed by atoms with van der Waals surface area (Å²) in [5.41, 5.74) is -0.0295. The van der Waals surface area contributed by atoms with Crippen LogP contribution in [0.1, 0.15) is 6.92 Å². The predicted octanol–water partition coefficient (Wildman–Crippen LogP) is 3.44. The zero-order chi connectivity index (χ0) is 24.3. The number of carbonyl (C=O) groups is 1. The van der Waals surface area contributed by atoms with E-state index in [4.69, 9.17) is 37.6 Å². The minimum absolute atomic E-state index is 0.0519. The Morgan fingerprint density at radius 3 is 1.82 bits per heavy atom. The Kier molecular flexibility index (Phi) is 6.86. The Balaban J connectivity index is 2.44. The molecular formula is C23H24O10. The van der Waals surface area contributed by atoms with E-state index < -0.39 is 11.4 Å². The van der Waals surface area contributed by atoms with Gasteiger partial charge in [-0.15, -0.1) is 0 Å². The van der Waals surface area contributed by atoms with Crippen LogP contribution in [0.3, 0.4) is 0 Å². The van der Waals surface area contributed by atoms with Gasteiger partial charge in [-0.25, -0.2) is 0 Å². The van der Waals surface area contributed by atoms with Crippen LogP contribution in [0.4, 0.5) is 0 Å². The van der Waals surface area contributed by atoms with Crippen LogP contribution < -0.4 is 38.6 Å². The predicted molar refractivity (Wildman–Crippen MR) is 119 cm³/mol. The largest absolute Gasteiger partial charge is 0.493 e. The Bertz CT molecular complexity index is 1260. The number of fused-ring (bicyclic) bond motifs is 1. The Labute approximate surface area is 189 Å². The lowest BCUT2D eigenvalue weighted by atomic mass is 10.1. The molecule has 10 heteroatoms. The number of methoxy groups -OCH3 is 6. The number of esters is 1. The number of rotatable bonds is 8. The van der Waals surface area contributed by atoms with Gasteiger partial charge in [0, 0.05) is 12.5 Å². The van der Waals surface area contributed by atoms with E-state index in [1.54, 1.807) is 12.1 Å². The average Bonchev–Trinajstić information content (AvgIpc) is 2.81. The normalized spacial score (nSPS) is 10.5. The molecule has 176 valence electrons. The number of ether oxygens (including phenoxy) is 7. The first-order valence-electron chi connectivity index (χ1n) is 9.64. The highest BCUT2D eigenvalue weighted by Gasteiger charge is 2.30. The van der Waals surface area contributed by atoms with Crippen LogP contribution in [0, 0.1) is 0 Å². The molecule has 3 rings (SSSR count). The molecule has 0 atom stereocenters. The summed E-state index contributed by atoms with van der Waals surface area (Å²) in [5.74, 6) is 0.554. The average molecular weight is 460 g/mol. The lowest BCUT2D eigenvalue weighted by Crippen LogP contribution is -2.11. The maximum atomic E-state index is 13.5. The van der Waals surface area contributed by atoms with Gasteiger partial charge in [-0.05, 0) is 18.2 Å². The zero-order valence-corrected chi connectivity index (χ0v) is 19.3. The van der Waals surface area contributed by atoms with E-state index in [-0.39, 0.29) is 57.0 Å². The van der Waals surface area contributed by atoms with Crippen LogP contribution in [-0.4, -0.2) is 48.6 Å². The number of hydrogen-bond acceptors (Lipinski definition) is 10. The molecule has 1 heterocycles. The van der Waals surface area contributed by atoms with E-state index in [9.17, 15) is 9.59 Å². The molecule has 0 spiro atoms. The number of carbonyl (C=O) groups excluding carboxylic acids is 1. The summed E-state index contributed by atoms with van der Waals surface area (Å²) in [4.78, 5) is 24.9. The molecule has 0 unspecified atom stereocenters. The van der Waals surface area contributed by atoms with E-state index >= 15 is 0 Å². The Morgan fingerprint density at radius 2 is 1.30 bits per heavy atom. The van der Waals surface area contributed by atoms with Crippen molar-refractivity contribution in [3.05, 3.63) is 28.4 Å². The molecule has 3 aromatic rings. The maximum absolute atomic E-state index is 13.5. The number of benzene rings is 2. The summed E-state index contributed by atoms with van der Waals surface area (Å²) in [7, 11) is 8.40. The molecule has 0 fully saturated rings. The van der Waals surface area contributed by atoms with Crippen molar-refractivity contribution < 1.29 is 42.4 Å². The van der Waals surface area contributed by atoms with E-state index in [1.165, 1.54) is 55.6 Å². The Morgan fingerprint density at radius 1 is 0.727 bits per heavy atom. The van der Waals surface area contributed by atoms with Gasteiger partial charge in [0.05, 0.1) is 42.7 Å². The first-order valence-corrected chi connectivity index (χ1v) is 9.64. The highest BCUT2D eigenvalue weighted by Crippen LogP contribution is 2.51. The topological polar surface area (TPSA) is 112 Å². The summed E-state index contributed by atoms with van der Waals surface area (Å²) in [5, 5.41) is 0.0519. The summed E-state index contributed by atoms with van der Waals surface area (Å²) < 4.78 is 43.9. The molecular weight excluding hydrogens is 436 g/mol. The SMILES string of the molecule is COc1cc(-c2oc3c(OC)c(OC)c(OC)c(OC)c3c(=O)c2OC)ccc1OC(C)=O. The minimum atomic E-state index is -0.520. The van der Waals surface area contributed by atoms with Crippen LogP contribution >= 0.6 is 0 Å². The summed E-state index contributed by atoms with van der Waals surface area (Å²) in [6.07, 6.45) is 0. The van der Waals surface area contributed by atoms with E-state index in [0.717, 1.165) is 0 Å². The quantitative estimate of drug-likeness (QED) is 0.366. The van der Waals surface area contributed by atoms with Crippen molar-refractivity contribution >= 4 is 16.9 Å². The molecule has 0 radical (unpaired) electrons. The third kappa shape index (κ3) is 3.95. The second-order valence-corrected chi connectivity index (χ2v) is 6.59. The third-order valence-electron chi connectivity index (χ3n) is 4.82. The van der Waals surface area contributed by atoms with Crippen LogP contribution in [0.15, 0.2) is 27.4 Å². The molecule has 0 aliphatic rings. The monoisotopic (exact) mass is 460 g/mol. The lowest BCUT2D eigenvalue weighted by Gasteiger charge is -2.19. The molecule has 0 N–H and O–H groups in total. The summed E-state index contributed by atoms with van der Waals surface area (Å²) >= 11 is 0. The molecule has 2 aromatic carbocycles.